The Morgan fingerprint density at radius 2 is 2.14 bits per heavy atom. The molecule has 1 aliphatic heterocycles. The highest BCUT2D eigenvalue weighted by Crippen LogP contribution is 2.22. The number of nitrogens with zero attached hydrogens (tertiary/aromatic N) is 2. The number of ether oxygens (including phenoxy) is 1. The van der Waals surface area contributed by atoms with E-state index in [4.69, 9.17) is 9.84 Å². The van der Waals surface area contributed by atoms with Gasteiger partial charge in [0.15, 0.2) is 0 Å². The summed E-state index contributed by atoms with van der Waals surface area (Å²) in [6.45, 7) is 0.703. The largest absolute Gasteiger partial charge is 0.497 e. The normalized spacial score (nSPS) is 17.7. The minimum Gasteiger partial charge on any atom is -0.497 e. The number of methoxy groups -OCH3 is 1. The van der Waals surface area contributed by atoms with Crippen LogP contribution >= 0.6 is 0 Å². The van der Waals surface area contributed by atoms with Gasteiger partial charge < -0.3 is 14.7 Å². The molecule has 114 valence electrons. The molecule has 2 heterocycles. The van der Waals surface area contributed by atoms with Crippen LogP contribution in [-0.2, 0) is 4.79 Å². The molecular formula is C16H16N2O4. The van der Waals surface area contributed by atoms with E-state index in [-0.39, 0.29) is 12.5 Å². The summed E-state index contributed by atoms with van der Waals surface area (Å²) in [6, 6.07) is 8.93. The Kier molecular flexibility index (Phi) is 3.66. The van der Waals surface area contributed by atoms with Crippen molar-refractivity contribution in [2.45, 2.75) is 6.42 Å². The zero-order chi connectivity index (χ0) is 15.7. The van der Waals surface area contributed by atoms with Crippen LogP contribution < -0.4 is 4.74 Å². The number of amides is 1. The molecule has 6 heteroatoms. The van der Waals surface area contributed by atoms with E-state index in [1.165, 1.54) is 0 Å². The van der Waals surface area contributed by atoms with Crippen molar-refractivity contribution in [3.8, 4) is 5.75 Å². The van der Waals surface area contributed by atoms with Crippen molar-refractivity contribution in [3.63, 3.8) is 0 Å². The van der Waals surface area contributed by atoms with E-state index in [0.717, 1.165) is 11.1 Å². The lowest BCUT2D eigenvalue weighted by molar-refractivity contribution is -0.141. The standard InChI is InChI=1S/C16H16N2O4/c1-22-12-3-5-13-10(8-12)2-4-14(17-13)15(19)18-7-6-11(9-18)16(20)21/h2-5,8,11H,6-7,9H2,1H3,(H,20,21)/t11-/m0/s1. The Balaban J connectivity index is 1.84. The molecule has 0 bridgehead atoms. The molecule has 0 saturated carbocycles. The summed E-state index contributed by atoms with van der Waals surface area (Å²) >= 11 is 0. The van der Waals surface area contributed by atoms with Crippen LogP contribution in [0, 0.1) is 5.92 Å². The van der Waals surface area contributed by atoms with E-state index in [2.05, 4.69) is 4.98 Å². The first kappa shape index (κ1) is 14.3. The SMILES string of the molecule is COc1ccc2nc(C(=O)N3CC[C@H](C(=O)O)C3)ccc2c1. The lowest BCUT2D eigenvalue weighted by atomic mass is 10.1. The minimum absolute atomic E-state index is 0.221. The van der Waals surface area contributed by atoms with Crippen LogP contribution in [0.25, 0.3) is 10.9 Å². The molecule has 0 aliphatic carbocycles. The van der Waals surface area contributed by atoms with Crippen LogP contribution in [0.3, 0.4) is 0 Å². The molecule has 1 aliphatic rings. The molecular weight excluding hydrogens is 284 g/mol. The van der Waals surface area contributed by atoms with Crippen molar-refractivity contribution in [3.05, 3.63) is 36.0 Å². The van der Waals surface area contributed by atoms with Gasteiger partial charge in [0.25, 0.3) is 5.91 Å². The van der Waals surface area contributed by atoms with Crippen molar-refractivity contribution >= 4 is 22.8 Å². The van der Waals surface area contributed by atoms with Crippen molar-refractivity contribution in [2.24, 2.45) is 5.92 Å². The fraction of sp³-hybridized carbons (Fsp3) is 0.312. The highest BCUT2D eigenvalue weighted by Gasteiger charge is 2.31. The van der Waals surface area contributed by atoms with E-state index in [9.17, 15) is 9.59 Å². The number of carboxylic acid groups (broad SMARTS) is 1. The number of carbonyl (C=O) groups is 2. The molecule has 1 saturated heterocycles. The van der Waals surface area contributed by atoms with Crippen LogP contribution in [0.4, 0.5) is 0 Å². The second kappa shape index (κ2) is 5.63. The van der Waals surface area contributed by atoms with Gasteiger partial charge in [0.05, 0.1) is 18.5 Å². The molecule has 1 atom stereocenters. The maximum absolute atomic E-state index is 12.4. The van der Waals surface area contributed by atoms with Crippen LogP contribution in [0.5, 0.6) is 5.75 Å². The van der Waals surface area contributed by atoms with Gasteiger partial charge in [-0.2, -0.15) is 0 Å². The third-order valence-corrected chi connectivity index (χ3v) is 3.94. The summed E-state index contributed by atoms with van der Waals surface area (Å²) in [5, 5.41) is 9.90. The van der Waals surface area contributed by atoms with Crippen molar-refractivity contribution in [2.75, 3.05) is 20.2 Å². The number of carboxylic acids is 1. The number of benzene rings is 1. The molecule has 6 nitrogen and oxygen atoms in total. The second-order valence-corrected chi connectivity index (χ2v) is 5.33. The molecule has 0 radical (unpaired) electrons. The third-order valence-electron chi connectivity index (χ3n) is 3.94. The summed E-state index contributed by atoms with van der Waals surface area (Å²) < 4.78 is 5.16. The third kappa shape index (κ3) is 2.59. The molecule has 0 spiro atoms. The number of aliphatic carboxylic acids is 1. The monoisotopic (exact) mass is 300 g/mol. The minimum atomic E-state index is -0.853. The second-order valence-electron chi connectivity index (χ2n) is 5.33. The summed E-state index contributed by atoms with van der Waals surface area (Å²) in [5.74, 6) is -0.818. The Bertz CT molecular complexity index is 744. The zero-order valence-corrected chi connectivity index (χ0v) is 12.2. The van der Waals surface area contributed by atoms with Crippen molar-refractivity contribution < 1.29 is 19.4 Å². The van der Waals surface area contributed by atoms with Gasteiger partial charge in [0.2, 0.25) is 0 Å². The maximum atomic E-state index is 12.4. The van der Waals surface area contributed by atoms with E-state index in [1.807, 2.05) is 12.1 Å². The quantitative estimate of drug-likeness (QED) is 0.934. The summed E-state index contributed by atoms with van der Waals surface area (Å²) in [6.07, 6.45) is 0.492. The number of hydrogen-bond acceptors (Lipinski definition) is 4. The lowest BCUT2D eigenvalue weighted by Crippen LogP contribution is -2.30. The van der Waals surface area contributed by atoms with Crippen LogP contribution in [-0.4, -0.2) is 47.1 Å². The Morgan fingerprint density at radius 3 is 2.82 bits per heavy atom. The molecule has 2 aromatic rings. The van der Waals surface area contributed by atoms with Gasteiger partial charge in [0, 0.05) is 18.5 Å². The number of hydrogen-bond donors (Lipinski definition) is 1. The molecule has 1 aromatic carbocycles. The molecule has 0 unspecified atom stereocenters. The van der Waals surface area contributed by atoms with Gasteiger partial charge in [0.1, 0.15) is 11.4 Å². The summed E-state index contributed by atoms with van der Waals surface area (Å²) in [4.78, 5) is 29.3. The summed E-state index contributed by atoms with van der Waals surface area (Å²) in [5.41, 5.74) is 1.05. The number of aromatic nitrogens is 1. The average molecular weight is 300 g/mol. The van der Waals surface area contributed by atoms with Gasteiger partial charge >= 0.3 is 5.97 Å². The maximum Gasteiger partial charge on any atom is 0.308 e. The van der Waals surface area contributed by atoms with Gasteiger partial charge in [-0.25, -0.2) is 4.98 Å². The first-order valence-corrected chi connectivity index (χ1v) is 7.05. The molecule has 1 fully saturated rings. The van der Waals surface area contributed by atoms with Gasteiger partial charge in [-0.15, -0.1) is 0 Å². The van der Waals surface area contributed by atoms with Crippen LogP contribution in [0.15, 0.2) is 30.3 Å². The number of carbonyl (C=O) groups excluding carboxylic acids is 1. The molecule has 1 aromatic heterocycles. The van der Waals surface area contributed by atoms with Crippen molar-refractivity contribution in [1.29, 1.82) is 0 Å². The zero-order valence-electron chi connectivity index (χ0n) is 12.2. The molecule has 3 rings (SSSR count). The topological polar surface area (TPSA) is 79.7 Å². The Hall–Kier alpha value is -2.63. The van der Waals surface area contributed by atoms with E-state index in [0.29, 0.717) is 24.2 Å². The van der Waals surface area contributed by atoms with Crippen LogP contribution in [0.2, 0.25) is 0 Å². The van der Waals surface area contributed by atoms with Crippen LogP contribution in [0.1, 0.15) is 16.9 Å². The number of pyridine rings is 1. The summed E-state index contributed by atoms with van der Waals surface area (Å²) in [7, 11) is 1.60. The lowest BCUT2D eigenvalue weighted by Gasteiger charge is -2.15. The Morgan fingerprint density at radius 1 is 1.32 bits per heavy atom. The molecule has 1 amide bonds. The van der Waals surface area contributed by atoms with Crippen molar-refractivity contribution in [1.82, 2.24) is 9.88 Å². The van der Waals surface area contributed by atoms with Gasteiger partial charge in [-0.3, -0.25) is 9.59 Å². The van der Waals surface area contributed by atoms with Gasteiger partial charge in [-0.1, -0.05) is 6.07 Å². The predicted molar refractivity (Wildman–Crippen MR) is 79.9 cm³/mol. The fourth-order valence-corrected chi connectivity index (χ4v) is 2.66. The number of rotatable bonds is 3. The number of likely N-dealkylation sites (tertiary alicyclic amines) is 1. The van der Waals surface area contributed by atoms with E-state index >= 15 is 0 Å². The number of fused-ring (bicyclic) bond motifs is 1. The Labute approximate surface area is 127 Å². The molecule has 1 N–H and O–H groups in total. The van der Waals surface area contributed by atoms with E-state index < -0.39 is 11.9 Å². The smallest absolute Gasteiger partial charge is 0.308 e. The molecule has 22 heavy (non-hydrogen) atoms. The fourth-order valence-electron chi connectivity index (χ4n) is 2.66. The van der Waals surface area contributed by atoms with Gasteiger partial charge in [-0.05, 0) is 30.7 Å². The highest BCUT2D eigenvalue weighted by atomic mass is 16.5. The first-order valence-electron chi connectivity index (χ1n) is 7.05. The average Bonchev–Trinajstić information content (AvgIpc) is 3.03. The predicted octanol–water partition coefficient (Wildman–Crippen LogP) is 1.79. The first-order chi connectivity index (χ1) is 10.6. The highest BCUT2D eigenvalue weighted by molar-refractivity contribution is 5.95. The van der Waals surface area contributed by atoms with E-state index in [1.54, 1.807) is 30.2 Å².